The van der Waals surface area contributed by atoms with Gasteiger partial charge < -0.3 is 9.84 Å². The van der Waals surface area contributed by atoms with Crippen molar-refractivity contribution in [3.63, 3.8) is 0 Å². The molecule has 0 aromatic heterocycles. The van der Waals surface area contributed by atoms with Crippen molar-refractivity contribution in [2.75, 3.05) is 7.11 Å². The zero-order chi connectivity index (χ0) is 14.7. The van der Waals surface area contributed by atoms with E-state index in [1.165, 1.54) is 0 Å². The highest BCUT2D eigenvalue weighted by molar-refractivity contribution is 9.10. The van der Waals surface area contributed by atoms with Crippen LogP contribution in [0.5, 0.6) is 5.75 Å². The number of rotatable bonds is 4. The molecule has 4 heteroatoms. The molecule has 1 unspecified atom stereocenters. The number of methoxy groups -OCH3 is 1. The number of aliphatic hydroxyl groups is 1. The van der Waals surface area contributed by atoms with Crippen molar-refractivity contribution >= 4 is 31.9 Å². The first-order valence-electron chi connectivity index (χ1n) is 6.28. The van der Waals surface area contributed by atoms with Crippen molar-refractivity contribution in [1.82, 2.24) is 0 Å². The SMILES string of the molecule is COc1ccc(Br)c(CC(O)c2ccc(C)c(Br)c2)c1. The number of halogens is 2. The molecule has 2 aromatic carbocycles. The highest BCUT2D eigenvalue weighted by Crippen LogP contribution is 2.29. The number of hydrogen-bond acceptors (Lipinski definition) is 2. The minimum absolute atomic E-state index is 0.535. The second-order valence-corrected chi connectivity index (χ2v) is 6.39. The minimum atomic E-state index is -0.546. The van der Waals surface area contributed by atoms with Gasteiger partial charge in [-0.05, 0) is 47.9 Å². The van der Waals surface area contributed by atoms with Gasteiger partial charge in [-0.2, -0.15) is 0 Å². The molecule has 1 N–H and O–H groups in total. The van der Waals surface area contributed by atoms with Gasteiger partial charge in [0.2, 0.25) is 0 Å². The number of aryl methyl sites for hydroxylation is 1. The fraction of sp³-hybridized carbons (Fsp3) is 0.250. The van der Waals surface area contributed by atoms with Gasteiger partial charge in [0.05, 0.1) is 13.2 Å². The summed E-state index contributed by atoms with van der Waals surface area (Å²) in [5.74, 6) is 0.792. The quantitative estimate of drug-likeness (QED) is 0.799. The van der Waals surface area contributed by atoms with Gasteiger partial charge in [0.25, 0.3) is 0 Å². The Balaban J connectivity index is 2.22. The van der Waals surface area contributed by atoms with E-state index in [0.717, 1.165) is 31.4 Å². The van der Waals surface area contributed by atoms with Crippen LogP contribution in [0, 0.1) is 6.92 Å². The van der Waals surface area contributed by atoms with E-state index in [1.807, 2.05) is 43.3 Å². The molecule has 0 bridgehead atoms. The predicted molar refractivity (Wildman–Crippen MR) is 88.2 cm³/mol. The molecule has 2 rings (SSSR count). The summed E-state index contributed by atoms with van der Waals surface area (Å²) in [5, 5.41) is 10.4. The summed E-state index contributed by atoms with van der Waals surface area (Å²) in [4.78, 5) is 0. The summed E-state index contributed by atoms with van der Waals surface area (Å²) < 4.78 is 7.21. The lowest BCUT2D eigenvalue weighted by molar-refractivity contribution is 0.178. The maximum Gasteiger partial charge on any atom is 0.119 e. The normalized spacial score (nSPS) is 12.2. The molecule has 0 aliphatic carbocycles. The van der Waals surface area contributed by atoms with Crippen LogP contribution in [0.2, 0.25) is 0 Å². The molecule has 2 nitrogen and oxygen atoms in total. The highest BCUT2D eigenvalue weighted by Gasteiger charge is 2.12. The van der Waals surface area contributed by atoms with Gasteiger partial charge >= 0.3 is 0 Å². The van der Waals surface area contributed by atoms with Crippen molar-refractivity contribution in [2.24, 2.45) is 0 Å². The van der Waals surface area contributed by atoms with Gasteiger partial charge in [-0.3, -0.25) is 0 Å². The first kappa shape index (κ1) is 15.5. The van der Waals surface area contributed by atoms with Crippen molar-refractivity contribution in [3.05, 3.63) is 62.0 Å². The van der Waals surface area contributed by atoms with Crippen LogP contribution in [0.4, 0.5) is 0 Å². The third kappa shape index (κ3) is 3.62. The summed E-state index contributed by atoms with van der Waals surface area (Å²) in [6, 6.07) is 11.7. The molecular formula is C16H16Br2O2. The van der Waals surface area contributed by atoms with Crippen LogP contribution in [0.3, 0.4) is 0 Å². The van der Waals surface area contributed by atoms with Gasteiger partial charge in [0, 0.05) is 15.4 Å². The van der Waals surface area contributed by atoms with Crippen LogP contribution >= 0.6 is 31.9 Å². The second kappa shape index (κ2) is 6.74. The summed E-state index contributed by atoms with van der Waals surface area (Å²) in [5.41, 5.74) is 3.08. The standard InChI is InChI=1S/C16H16Br2O2/c1-10-3-4-11(8-15(10)18)16(19)9-12-7-13(20-2)5-6-14(12)17/h3-8,16,19H,9H2,1-2H3. The van der Waals surface area contributed by atoms with Crippen LogP contribution in [-0.2, 0) is 6.42 Å². The van der Waals surface area contributed by atoms with E-state index in [1.54, 1.807) is 7.11 Å². The highest BCUT2D eigenvalue weighted by atomic mass is 79.9. The van der Waals surface area contributed by atoms with Gasteiger partial charge in [0.1, 0.15) is 5.75 Å². The summed E-state index contributed by atoms with van der Waals surface area (Å²) in [6.45, 7) is 2.03. The lowest BCUT2D eigenvalue weighted by Crippen LogP contribution is -2.03. The zero-order valence-electron chi connectivity index (χ0n) is 11.4. The van der Waals surface area contributed by atoms with E-state index in [9.17, 15) is 5.11 Å². The molecule has 0 fully saturated rings. The Kier molecular flexibility index (Phi) is 5.24. The van der Waals surface area contributed by atoms with Crippen molar-refractivity contribution < 1.29 is 9.84 Å². The van der Waals surface area contributed by atoms with Crippen molar-refractivity contribution in [1.29, 1.82) is 0 Å². The minimum Gasteiger partial charge on any atom is -0.497 e. The van der Waals surface area contributed by atoms with Crippen LogP contribution in [0.25, 0.3) is 0 Å². The molecule has 0 saturated heterocycles. The maximum atomic E-state index is 10.4. The fourth-order valence-electron chi connectivity index (χ4n) is 1.98. The number of ether oxygens (including phenoxy) is 1. The third-order valence-corrected chi connectivity index (χ3v) is 4.87. The van der Waals surface area contributed by atoms with E-state index < -0.39 is 6.10 Å². The van der Waals surface area contributed by atoms with Crippen LogP contribution in [0.15, 0.2) is 45.3 Å². The largest absolute Gasteiger partial charge is 0.497 e. The van der Waals surface area contributed by atoms with Gasteiger partial charge in [0.15, 0.2) is 0 Å². The number of benzene rings is 2. The molecule has 0 aliphatic heterocycles. The fourth-order valence-corrected chi connectivity index (χ4v) is 2.78. The lowest BCUT2D eigenvalue weighted by Gasteiger charge is -2.14. The number of aliphatic hydroxyl groups excluding tert-OH is 1. The summed E-state index contributed by atoms with van der Waals surface area (Å²) in [7, 11) is 1.64. The molecule has 106 valence electrons. The van der Waals surface area contributed by atoms with Crippen LogP contribution in [0.1, 0.15) is 22.8 Å². The van der Waals surface area contributed by atoms with Crippen molar-refractivity contribution in [3.8, 4) is 5.75 Å². The molecule has 0 heterocycles. The van der Waals surface area contributed by atoms with Gasteiger partial charge in [-0.25, -0.2) is 0 Å². The first-order chi connectivity index (χ1) is 9.51. The first-order valence-corrected chi connectivity index (χ1v) is 7.86. The Morgan fingerprint density at radius 3 is 2.50 bits per heavy atom. The molecule has 0 radical (unpaired) electrons. The Bertz CT molecular complexity index is 611. The second-order valence-electron chi connectivity index (χ2n) is 4.69. The smallest absolute Gasteiger partial charge is 0.119 e. The summed E-state index contributed by atoms with van der Waals surface area (Å²) in [6.07, 6.45) is -0.0110. The third-order valence-electron chi connectivity index (χ3n) is 3.25. The van der Waals surface area contributed by atoms with E-state index in [-0.39, 0.29) is 0 Å². The van der Waals surface area contributed by atoms with Gasteiger partial charge in [-0.15, -0.1) is 0 Å². The van der Waals surface area contributed by atoms with Crippen LogP contribution in [-0.4, -0.2) is 12.2 Å². The molecule has 0 aliphatic rings. The molecule has 2 aromatic rings. The molecule has 1 atom stereocenters. The Morgan fingerprint density at radius 2 is 1.85 bits per heavy atom. The average Bonchev–Trinajstić information content (AvgIpc) is 2.44. The van der Waals surface area contributed by atoms with Crippen LogP contribution < -0.4 is 4.74 Å². The molecule has 20 heavy (non-hydrogen) atoms. The Hall–Kier alpha value is -0.840. The van der Waals surface area contributed by atoms with E-state index in [2.05, 4.69) is 31.9 Å². The summed E-state index contributed by atoms with van der Waals surface area (Å²) >= 11 is 7.01. The molecular weight excluding hydrogens is 384 g/mol. The van der Waals surface area contributed by atoms with Gasteiger partial charge in [-0.1, -0.05) is 44.0 Å². The molecule has 0 amide bonds. The molecule has 0 spiro atoms. The molecule has 0 saturated carbocycles. The monoisotopic (exact) mass is 398 g/mol. The Morgan fingerprint density at radius 1 is 1.10 bits per heavy atom. The zero-order valence-corrected chi connectivity index (χ0v) is 14.5. The van der Waals surface area contributed by atoms with E-state index >= 15 is 0 Å². The predicted octanol–water partition coefficient (Wildman–Crippen LogP) is 4.80. The lowest BCUT2D eigenvalue weighted by atomic mass is 10.0. The Labute approximate surface area is 136 Å². The topological polar surface area (TPSA) is 29.5 Å². The van der Waals surface area contributed by atoms with E-state index in [0.29, 0.717) is 6.42 Å². The van der Waals surface area contributed by atoms with Crippen molar-refractivity contribution in [2.45, 2.75) is 19.4 Å². The van der Waals surface area contributed by atoms with E-state index in [4.69, 9.17) is 4.74 Å². The average molecular weight is 400 g/mol. The number of hydrogen-bond donors (Lipinski definition) is 1. The maximum absolute atomic E-state index is 10.4.